The molecule has 0 unspecified atom stereocenters. The third-order valence-electron chi connectivity index (χ3n) is 5.25. The van der Waals surface area contributed by atoms with Crippen molar-refractivity contribution in [3.63, 3.8) is 0 Å². The van der Waals surface area contributed by atoms with Crippen molar-refractivity contribution in [2.75, 3.05) is 26.7 Å². The first-order chi connectivity index (χ1) is 14.1. The molecule has 0 aromatic heterocycles. The number of carbonyl (C=O) groups is 2. The number of amides is 3. The van der Waals surface area contributed by atoms with Crippen LogP contribution in [0.4, 0.5) is 4.79 Å². The van der Waals surface area contributed by atoms with Crippen molar-refractivity contribution in [3.8, 4) is 5.75 Å². The molecule has 2 aromatic carbocycles. The van der Waals surface area contributed by atoms with Crippen molar-refractivity contribution in [3.05, 3.63) is 65.2 Å². The number of nitrogens with one attached hydrogen (secondary N) is 2. The normalized spacial score (nSPS) is 16.2. The third-order valence-corrected chi connectivity index (χ3v) is 5.25. The molecule has 0 radical (unpaired) electrons. The molecule has 29 heavy (non-hydrogen) atoms. The molecular formula is C23H29N3O3. The van der Waals surface area contributed by atoms with Crippen LogP contribution in [0, 0.1) is 0 Å². The first-order valence-corrected chi connectivity index (χ1v) is 10.2. The molecule has 0 saturated carbocycles. The molecule has 0 spiro atoms. The number of hydrogen-bond donors (Lipinski definition) is 2. The molecule has 154 valence electrons. The Bertz CT molecular complexity index is 853. The molecule has 6 heteroatoms. The lowest BCUT2D eigenvalue weighted by Crippen LogP contribution is -2.43. The van der Waals surface area contributed by atoms with Crippen molar-refractivity contribution < 1.29 is 14.3 Å². The van der Waals surface area contributed by atoms with Crippen LogP contribution >= 0.6 is 0 Å². The predicted octanol–water partition coefficient (Wildman–Crippen LogP) is 3.53. The Kier molecular flexibility index (Phi) is 7.11. The second-order valence-corrected chi connectivity index (χ2v) is 7.19. The molecule has 1 fully saturated rings. The number of benzene rings is 2. The van der Waals surface area contributed by atoms with E-state index in [9.17, 15) is 9.59 Å². The number of nitrogens with zero attached hydrogens (tertiary/aromatic N) is 1. The van der Waals surface area contributed by atoms with Gasteiger partial charge in [-0.05, 0) is 43.5 Å². The number of urea groups is 1. The summed E-state index contributed by atoms with van der Waals surface area (Å²) in [4.78, 5) is 26.5. The van der Waals surface area contributed by atoms with E-state index in [0.717, 1.165) is 36.3 Å². The molecule has 1 aliphatic rings. The number of rotatable bonds is 6. The van der Waals surface area contributed by atoms with Crippen molar-refractivity contribution >= 4 is 11.9 Å². The Morgan fingerprint density at radius 2 is 2.00 bits per heavy atom. The van der Waals surface area contributed by atoms with Crippen molar-refractivity contribution in [2.45, 2.75) is 32.2 Å². The lowest BCUT2D eigenvalue weighted by Gasteiger charge is -2.32. The summed E-state index contributed by atoms with van der Waals surface area (Å²) in [5, 5.41) is 5.68. The van der Waals surface area contributed by atoms with E-state index in [1.807, 2.05) is 60.4 Å². The standard InChI is InChI=1S/C23H29N3O3/c1-3-29-21-12-5-4-8-19(21)15-25-22(27)18-10-6-9-17(14-18)20-11-7-13-26(16-20)23(28)24-2/h4-6,8-10,12,14,20H,3,7,11,13,15-16H2,1-2H3,(H,24,28)(H,25,27)/t20-/m1/s1. The fourth-order valence-electron chi connectivity index (χ4n) is 3.75. The van der Waals surface area contributed by atoms with Gasteiger partial charge in [-0.15, -0.1) is 0 Å². The number of hydrogen-bond acceptors (Lipinski definition) is 3. The van der Waals surface area contributed by atoms with Gasteiger partial charge in [0.15, 0.2) is 0 Å². The predicted molar refractivity (Wildman–Crippen MR) is 113 cm³/mol. The van der Waals surface area contributed by atoms with E-state index in [4.69, 9.17) is 4.74 Å². The molecule has 1 saturated heterocycles. The van der Waals surface area contributed by atoms with Gasteiger partial charge in [-0.2, -0.15) is 0 Å². The molecule has 1 aliphatic heterocycles. The first-order valence-electron chi connectivity index (χ1n) is 10.2. The largest absolute Gasteiger partial charge is 0.494 e. The minimum atomic E-state index is -0.114. The molecule has 2 aromatic rings. The summed E-state index contributed by atoms with van der Waals surface area (Å²) in [6.45, 7) is 4.38. The molecule has 6 nitrogen and oxygen atoms in total. The quantitative estimate of drug-likeness (QED) is 0.786. The maximum absolute atomic E-state index is 12.7. The van der Waals surface area contributed by atoms with E-state index in [2.05, 4.69) is 10.6 Å². The number of piperidine rings is 1. The van der Waals surface area contributed by atoms with Gasteiger partial charge in [-0.3, -0.25) is 4.79 Å². The molecule has 3 rings (SSSR count). The zero-order valence-corrected chi connectivity index (χ0v) is 17.1. The van der Waals surface area contributed by atoms with E-state index in [1.54, 1.807) is 7.05 Å². The van der Waals surface area contributed by atoms with Crippen LogP contribution in [0.3, 0.4) is 0 Å². The summed E-state index contributed by atoms with van der Waals surface area (Å²) in [5.74, 6) is 0.921. The molecule has 3 amide bonds. The highest BCUT2D eigenvalue weighted by Crippen LogP contribution is 2.27. The Morgan fingerprint density at radius 3 is 2.79 bits per heavy atom. The first kappa shape index (κ1) is 20.7. The smallest absolute Gasteiger partial charge is 0.317 e. The minimum absolute atomic E-state index is 0.0449. The minimum Gasteiger partial charge on any atom is -0.494 e. The second-order valence-electron chi connectivity index (χ2n) is 7.19. The zero-order chi connectivity index (χ0) is 20.6. The highest BCUT2D eigenvalue weighted by Gasteiger charge is 2.24. The van der Waals surface area contributed by atoms with E-state index in [1.165, 1.54) is 0 Å². The number of ether oxygens (including phenoxy) is 1. The van der Waals surface area contributed by atoms with Crippen molar-refractivity contribution in [2.24, 2.45) is 0 Å². The summed E-state index contributed by atoms with van der Waals surface area (Å²) < 4.78 is 5.62. The van der Waals surface area contributed by atoms with Gasteiger partial charge in [0.25, 0.3) is 5.91 Å². The Balaban J connectivity index is 1.66. The number of likely N-dealkylation sites (tertiary alicyclic amines) is 1. The number of para-hydroxylation sites is 1. The van der Waals surface area contributed by atoms with Crippen LogP contribution in [-0.2, 0) is 6.54 Å². The van der Waals surface area contributed by atoms with Gasteiger partial charge in [0.05, 0.1) is 6.61 Å². The molecule has 0 bridgehead atoms. The van der Waals surface area contributed by atoms with E-state index >= 15 is 0 Å². The highest BCUT2D eigenvalue weighted by molar-refractivity contribution is 5.94. The van der Waals surface area contributed by atoms with Crippen LogP contribution in [-0.4, -0.2) is 43.6 Å². The summed E-state index contributed by atoms with van der Waals surface area (Å²) in [5.41, 5.74) is 2.68. The van der Waals surface area contributed by atoms with Crippen LogP contribution in [0.15, 0.2) is 48.5 Å². The molecule has 2 N–H and O–H groups in total. The Morgan fingerprint density at radius 1 is 1.17 bits per heavy atom. The van der Waals surface area contributed by atoms with Gasteiger partial charge in [0.2, 0.25) is 0 Å². The van der Waals surface area contributed by atoms with Gasteiger partial charge >= 0.3 is 6.03 Å². The van der Waals surface area contributed by atoms with Gasteiger partial charge < -0.3 is 20.3 Å². The fourth-order valence-corrected chi connectivity index (χ4v) is 3.75. The van der Waals surface area contributed by atoms with Crippen LogP contribution in [0.1, 0.15) is 47.2 Å². The summed E-state index contributed by atoms with van der Waals surface area (Å²) in [7, 11) is 1.65. The summed E-state index contributed by atoms with van der Waals surface area (Å²) >= 11 is 0. The van der Waals surface area contributed by atoms with Crippen LogP contribution < -0.4 is 15.4 Å². The van der Waals surface area contributed by atoms with Gasteiger partial charge in [-0.25, -0.2) is 4.79 Å². The van der Waals surface area contributed by atoms with Gasteiger partial charge in [0.1, 0.15) is 5.75 Å². The highest BCUT2D eigenvalue weighted by atomic mass is 16.5. The van der Waals surface area contributed by atoms with Gasteiger partial charge in [0, 0.05) is 43.7 Å². The lowest BCUT2D eigenvalue weighted by molar-refractivity contribution is 0.0950. The van der Waals surface area contributed by atoms with E-state index in [0.29, 0.717) is 25.3 Å². The zero-order valence-electron chi connectivity index (χ0n) is 17.1. The third kappa shape index (κ3) is 5.28. The van der Waals surface area contributed by atoms with E-state index in [-0.39, 0.29) is 17.9 Å². The van der Waals surface area contributed by atoms with Crippen LogP contribution in [0.2, 0.25) is 0 Å². The summed E-state index contributed by atoms with van der Waals surface area (Å²) in [6.07, 6.45) is 1.98. The van der Waals surface area contributed by atoms with Crippen molar-refractivity contribution in [1.29, 1.82) is 0 Å². The van der Waals surface area contributed by atoms with Crippen LogP contribution in [0.25, 0.3) is 0 Å². The van der Waals surface area contributed by atoms with Crippen LogP contribution in [0.5, 0.6) is 5.75 Å². The Hall–Kier alpha value is -3.02. The molecule has 1 heterocycles. The van der Waals surface area contributed by atoms with E-state index < -0.39 is 0 Å². The van der Waals surface area contributed by atoms with Gasteiger partial charge in [-0.1, -0.05) is 30.3 Å². The maximum atomic E-state index is 12.7. The SMILES string of the molecule is CCOc1ccccc1CNC(=O)c1cccc([C@@H]2CCCN(C(=O)NC)C2)c1. The monoisotopic (exact) mass is 395 g/mol. The fraction of sp³-hybridized carbons (Fsp3) is 0.391. The summed E-state index contributed by atoms with van der Waals surface area (Å²) in [6, 6.07) is 15.4. The topological polar surface area (TPSA) is 70.7 Å². The maximum Gasteiger partial charge on any atom is 0.317 e. The number of carbonyl (C=O) groups excluding carboxylic acids is 2. The second kappa shape index (κ2) is 9.96. The average Bonchev–Trinajstić information content (AvgIpc) is 2.78. The Labute approximate surface area is 172 Å². The lowest BCUT2D eigenvalue weighted by atomic mass is 9.89. The average molecular weight is 396 g/mol. The van der Waals surface area contributed by atoms with Crippen molar-refractivity contribution in [1.82, 2.24) is 15.5 Å². The molecule has 1 atom stereocenters. The molecular weight excluding hydrogens is 366 g/mol. The molecule has 0 aliphatic carbocycles.